The normalized spacial score (nSPS) is 11.0. The number of non-ortho nitro benzene ring substituents is 1. The van der Waals surface area contributed by atoms with Gasteiger partial charge in [-0.15, -0.1) is 0 Å². The zero-order valence-electron chi connectivity index (χ0n) is 18.6. The first-order valence-corrected chi connectivity index (χ1v) is 10.3. The number of hydrogen-bond donors (Lipinski definition) is 1. The minimum Gasteiger partial charge on any atom is -0.494 e. The van der Waals surface area contributed by atoms with E-state index in [1.54, 1.807) is 42.6 Å². The van der Waals surface area contributed by atoms with Crippen LogP contribution in [0.4, 0.5) is 5.69 Å². The highest BCUT2D eigenvalue weighted by Crippen LogP contribution is 2.26. The Kier molecular flexibility index (Phi) is 7.04. The number of nitrogens with one attached hydrogen (secondary N) is 1. The summed E-state index contributed by atoms with van der Waals surface area (Å²) in [6.45, 7) is 8.39. The number of nitro groups is 1. The minimum absolute atomic E-state index is 0.0340. The van der Waals surface area contributed by atoms with Crippen LogP contribution >= 0.6 is 0 Å². The summed E-state index contributed by atoms with van der Waals surface area (Å²) in [7, 11) is 0. The molecule has 0 unspecified atom stereocenters. The summed E-state index contributed by atoms with van der Waals surface area (Å²) in [5, 5.41) is 15.3. The van der Waals surface area contributed by atoms with Gasteiger partial charge in [0, 0.05) is 34.6 Å². The largest absolute Gasteiger partial charge is 0.494 e. The number of carbonyl (C=O) groups excluding carboxylic acids is 1. The van der Waals surface area contributed by atoms with Gasteiger partial charge in [-0.05, 0) is 63.1 Å². The molecule has 32 heavy (non-hydrogen) atoms. The van der Waals surface area contributed by atoms with Crippen LogP contribution in [0.5, 0.6) is 5.75 Å². The molecule has 1 heterocycles. The highest BCUT2D eigenvalue weighted by Gasteiger charge is 2.15. The summed E-state index contributed by atoms with van der Waals surface area (Å²) in [4.78, 5) is 23.1. The Morgan fingerprint density at radius 1 is 1.16 bits per heavy atom. The second kappa shape index (κ2) is 9.91. The predicted molar refractivity (Wildman–Crippen MR) is 124 cm³/mol. The number of benzene rings is 2. The standard InChI is InChI=1S/C24H26N4O4/c1-5-12-32-22-10-7-19(8-11-22)24(29)26-25-15-20-13-17(3)27(18(20)4)23-14-21(28(30)31)9-6-16(23)2/h6-11,13-15H,5,12H2,1-4H3,(H,26,29)/b25-15+. The SMILES string of the molecule is CCCOc1ccc(C(=O)N/N=C/c2cc(C)n(-c3cc([N+](=O)[O-])ccc3C)c2C)cc1. The van der Waals surface area contributed by atoms with Crippen molar-refractivity contribution in [3.8, 4) is 11.4 Å². The molecular weight excluding hydrogens is 408 g/mol. The van der Waals surface area contributed by atoms with Crippen molar-refractivity contribution < 1.29 is 14.5 Å². The molecule has 8 heteroatoms. The van der Waals surface area contributed by atoms with Crippen LogP contribution in [0.15, 0.2) is 53.6 Å². The van der Waals surface area contributed by atoms with Gasteiger partial charge in [-0.2, -0.15) is 5.10 Å². The van der Waals surface area contributed by atoms with Crippen LogP contribution in [-0.2, 0) is 0 Å². The molecule has 3 aromatic rings. The van der Waals surface area contributed by atoms with E-state index in [-0.39, 0.29) is 11.6 Å². The van der Waals surface area contributed by atoms with Gasteiger partial charge in [0.05, 0.1) is 23.4 Å². The predicted octanol–water partition coefficient (Wildman–Crippen LogP) is 4.86. The van der Waals surface area contributed by atoms with E-state index in [9.17, 15) is 14.9 Å². The van der Waals surface area contributed by atoms with Crippen LogP contribution in [0, 0.1) is 30.9 Å². The molecule has 3 rings (SSSR count). The molecule has 1 N–H and O–H groups in total. The molecule has 2 aromatic carbocycles. The number of carbonyl (C=O) groups is 1. The molecule has 166 valence electrons. The molecule has 0 aliphatic heterocycles. The molecule has 0 bridgehead atoms. The van der Waals surface area contributed by atoms with E-state index in [0.29, 0.717) is 12.2 Å². The maximum Gasteiger partial charge on any atom is 0.271 e. The molecule has 0 aliphatic carbocycles. The fourth-order valence-electron chi connectivity index (χ4n) is 3.39. The fraction of sp³-hybridized carbons (Fsp3) is 0.250. The van der Waals surface area contributed by atoms with Crippen molar-refractivity contribution in [1.29, 1.82) is 0 Å². The summed E-state index contributed by atoms with van der Waals surface area (Å²) in [6.07, 6.45) is 2.49. The van der Waals surface area contributed by atoms with Crippen LogP contribution < -0.4 is 10.2 Å². The zero-order valence-corrected chi connectivity index (χ0v) is 18.6. The third-order valence-corrected chi connectivity index (χ3v) is 5.07. The van der Waals surface area contributed by atoms with E-state index in [4.69, 9.17) is 4.74 Å². The smallest absolute Gasteiger partial charge is 0.271 e. The first kappa shape index (κ1) is 22.7. The van der Waals surface area contributed by atoms with Crippen molar-refractivity contribution in [2.24, 2.45) is 5.10 Å². The van der Waals surface area contributed by atoms with Crippen molar-refractivity contribution >= 4 is 17.8 Å². The van der Waals surface area contributed by atoms with Crippen molar-refractivity contribution in [2.75, 3.05) is 6.61 Å². The molecule has 0 saturated heterocycles. The number of ether oxygens (including phenoxy) is 1. The number of amides is 1. The Hall–Kier alpha value is -3.94. The van der Waals surface area contributed by atoms with Gasteiger partial charge in [0.2, 0.25) is 0 Å². The third kappa shape index (κ3) is 5.03. The summed E-state index contributed by atoms with van der Waals surface area (Å²) in [6, 6.07) is 13.6. The number of aromatic nitrogens is 1. The number of aryl methyl sites for hydroxylation is 2. The van der Waals surface area contributed by atoms with Crippen molar-refractivity contribution in [2.45, 2.75) is 34.1 Å². The molecule has 0 radical (unpaired) electrons. The number of hydrazone groups is 1. The van der Waals surface area contributed by atoms with Crippen molar-refractivity contribution in [1.82, 2.24) is 9.99 Å². The fourth-order valence-corrected chi connectivity index (χ4v) is 3.39. The van der Waals surface area contributed by atoms with Crippen LogP contribution in [0.25, 0.3) is 5.69 Å². The molecule has 0 saturated carbocycles. The molecule has 8 nitrogen and oxygen atoms in total. The third-order valence-electron chi connectivity index (χ3n) is 5.07. The van der Waals surface area contributed by atoms with Gasteiger partial charge >= 0.3 is 0 Å². The van der Waals surface area contributed by atoms with Gasteiger partial charge < -0.3 is 9.30 Å². The lowest BCUT2D eigenvalue weighted by Crippen LogP contribution is -2.17. The second-order valence-corrected chi connectivity index (χ2v) is 7.46. The lowest BCUT2D eigenvalue weighted by atomic mass is 10.1. The van der Waals surface area contributed by atoms with Gasteiger partial charge in [-0.1, -0.05) is 13.0 Å². The molecule has 1 amide bonds. The van der Waals surface area contributed by atoms with Gasteiger partial charge in [0.15, 0.2) is 0 Å². The van der Waals surface area contributed by atoms with Crippen LogP contribution in [0.1, 0.15) is 46.2 Å². The van der Waals surface area contributed by atoms with Gasteiger partial charge in [0.25, 0.3) is 11.6 Å². The first-order chi connectivity index (χ1) is 15.3. The molecule has 0 spiro atoms. The summed E-state index contributed by atoms with van der Waals surface area (Å²) >= 11 is 0. The van der Waals surface area contributed by atoms with Crippen LogP contribution in [-0.4, -0.2) is 28.2 Å². The Bertz CT molecular complexity index is 1160. The van der Waals surface area contributed by atoms with E-state index < -0.39 is 4.92 Å². The average molecular weight is 434 g/mol. The van der Waals surface area contributed by atoms with E-state index >= 15 is 0 Å². The van der Waals surface area contributed by atoms with E-state index in [1.165, 1.54) is 6.07 Å². The van der Waals surface area contributed by atoms with Crippen molar-refractivity contribution in [3.63, 3.8) is 0 Å². The van der Waals surface area contributed by atoms with E-state index in [0.717, 1.165) is 40.4 Å². The monoisotopic (exact) mass is 434 g/mol. The Labute approximate surface area is 186 Å². The molecule has 0 fully saturated rings. The van der Waals surface area contributed by atoms with Crippen LogP contribution in [0.3, 0.4) is 0 Å². The highest BCUT2D eigenvalue weighted by molar-refractivity contribution is 5.95. The van der Waals surface area contributed by atoms with Gasteiger partial charge in [0.1, 0.15) is 5.75 Å². The summed E-state index contributed by atoms with van der Waals surface area (Å²) in [5.41, 5.74) is 7.27. The Balaban J connectivity index is 1.76. The maximum atomic E-state index is 12.4. The quantitative estimate of drug-likeness (QED) is 0.311. The van der Waals surface area contributed by atoms with Crippen LogP contribution in [0.2, 0.25) is 0 Å². The number of rotatable bonds is 8. The number of hydrogen-bond acceptors (Lipinski definition) is 5. The summed E-state index contributed by atoms with van der Waals surface area (Å²) in [5.74, 6) is 0.391. The molecule has 0 atom stereocenters. The molecule has 0 aliphatic rings. The maximum absolute atomic E-state index is 12.4. The lowest BCUT2D eigenvalue weighted by molar-refractivity contribution is -0.384. The average Bonchev–Trinajstić information content (AvgIpc) is 3.05. The molecular formula is C24H26N4O4. The highest BCUT2D eigenvalue weighted by atomic mass is 16.6. The van der Waals surface area contributed by atoms with E-state index in [2.05, 4.69) is 10.5 Å². The minimum atomic E-state index is -0.405. The van der Waals surface area contributed by atoms with Gasteiger partial charge in [-0.3, -0.25) is 14.9 Å². The topological polar surface area (TPSA) is 98.8 Å². The molecule has 1 aromatic heterocycles. The zero-order chi connectivity index (χ0) is 23.3. The first-order valence-electron chi connectivity index (χ1n) is 10.3. The summed E-state index contributed by atoms with van der Waals surface area (Å²) < 4.78 is 7.46. The number of nitro benzene ring substituents is 1. The van der Waals surface area contributed by atoms with Crippen molar-refractivity contribution in [3.05, 3.63) is 86.7 Å². The second-order valence-electron chi connectivity index (χ2n) is 7.46. The Morgan fingerprint density at radius 2 is 1.88 bits per heavy atom. The number of nitrogens with zero attached hydrogens (tertiary/aromatic N) is 3. The van der Waals surface area contributed by atoms with Gasteiger partial charge in [-0.25, -0.2) is 5.43 Å². The lowest BCUT2D eigenvalue weighted by Gasteiger charge is -2.12. The Morgan fingerprint density at radius 3 is 2.53 bits per heavy atom. The van der Waals surface area contributed by atoms with E-state index in [1.807, 2.05) is 38.3 Å².